The third-order valence-corrected chi connectivity index (χ3v) is 4.39. The number of rotatable bonds is 3. The highest BCUT2D eigenvalue weighted by Crippen LogP contribution is 2.15. The van der Waals surface area contributed by atoms with E-state index in [1.807, 2.05) is 0 Å². The summed E-state index contributed by atoms with van der Waals surface area (Å²) in [5.74, 6) is 0. The summed E-state index contributed by atoms with van der Waals surface area (Å²) in [7, 11) is -3.36. The van der Waals surface area contributed by atoms with Gasteiger partial charge < -0.3 is 10.4 Å². The molecule has 0 bridgehead atoms. The highest BCUT2D eigenvalue weighted by atomic mass is 35.5. The molecule has 0 saturated heterocycles. The van der Waals surface area contributed by atoms with E-state index in [9.17, 15) is 9.00 Å². The van der Waals surface area contributed by atoms with Crippen LogP contribution in [0.1, 0.15) is 5.56 Å². The molecular weight excluding hydrogens is 326 g/mol. The molecule has 0 saturated carbocycles. The molecule has 4 N–H and O–H groups in total. The van der Waals surface area contributed by atoms with Gasteiger partial charge in [-0.3, -0.25) is 0 Å². The molecule has 0 fully saturated rings. The second-order valence-corrected chi connectivity index (χ2v) is 6.63. The van der Waals surface area contributed by atoms with E-state index in [-0.39, 0.29) is 11.5 Å². The first-order chi connectivity index (χ1) is 10.4. The maximum atomic E-state index is 12.3. The van der Waals surface area contributed by atoms with Gasteiger partial charge in [-0.15, -0.1) is 4.36 Å². The normalized spacial score (nSPS) is 13.2. The lowest BCUT2D eigenvalue weighted by Gasteiger charge is -2.06. The van der Waals surface area contributed by atoms with E-state index in [0.29, 0.717) is 16.3 Å². The van der Waals surface area contributed by atoms with Gasteiger partial charge in [-0.2, -0.15) is 0 Å². The fourth-order valence-corrected chi connectivity index (χ4v) is 2.69. The van der Waals surface area contributed by atoms with Crippen LogP contribution in [0, 0.1) is 0 Å². The second-order valence-electron chi connectivity index (χ2n) is 4.40. The van der Waals surface area contributed by atoms with Gasteiger partial charge in [-0.25, -0.2) is 14.1 Å². The molecule has 0 aromatic heterocycles. The van der Waals surface area contributed by atoms with Crippen LogP contribution in [0.5, 0.6) is 0 Å². The lowest BCUT2D eigenvalue weighted by Crippen LogP contribution is -2.17. The Hall–Kier alpha value is -1.93. The Kier molecular flexibility index (Phi) is 5.15. The number of hydrogen-bond acceptors (Lipinski definition) is 3. The van der Waals surface area contributed by atoms with Crippen molar-refractivity contribution in [3.8, 4) is 0 Å². The van der Waals surface area contributed by atoms with Crippen LogP contribution >= 0.6 is 11.6 Å². The Bertz CT molecular complexity index is 782. The number of urea groups is 1. The Morgan fingerprint density at radius 3 is 2.32 bits per heavy atom. The van der Waals surface area contributed by atoms with E-state index in [4.69, 9.17) is 21.8 Å². The lowest BCUT2D eigenvalue weighted by atomic mass is 10.2. The predicted octanol–water partition coefficient (Wildman–Crippen LogP) is 2.77. The highest BCUT2D eigenvalue weighted by molar-refractivity contribution is 7.91. The number of nitrogens with one attached hydrogen (secondary N) is 1. The first kappa shape index (κ1) is 16.4. The molecule has 0 spiro atoms. The molecule has 0 aliphatic heterocycles. The quantitative estimate of drug-likeness (QED) is 0.800. The largest absolute Gasteiger partial charge is 0.392 e. The van der Waals surface area contributed by atoms with Crippen LogP contribution in [0.15, 0.2) is 57.8 Å². The summed E-state index contributed by atoms with van der Waals surface area (Å²) < 4.78 is 15.8. The molecule has 0 aliphatic carbocycles. The molecular formula is C14H14ClN3O3S. The Labute approximate surface area is 133 Å². The Morgan fingerprint density at radius 2 is 1.77 bits per heavy atom. The third-order valence-electron chi connectivity index (χ3n) is 2.76. The van der Waals surface area contributed by atoms with Crippen molar-refractivity contribution in [3.63, 3.8) is 0 Å². The number of nitrogens with zero attached hydrogens (tertiary/aromatic N) is 1. The number of carbonyl (C=O) groups excluding carboxylic acids is 1. The zero-order valence-corrected chi connectivity index (χ0v) is 13.0. The smallest absolute Gasteiger partial charge is 0.354 e. The first-order valence-electron chi connectivity index (χ1n) is 6.22. The molecule has 0 radical (unpaired) electrons. The van der Waals surface area contributed by atoms with Gasteiger partial charge in [0.15, 0.2) is 0 Å². The minimum atomic E-state index is -3.36. The Morgan fingerprint density at radius 1 is 1.18 bits per heavy atom. The van der Waals surface area contributed by atoms with Crippen molar-refractivity contribution in [2.24, 2.45) is 9.50 Å². The molecule has 6 nitrogen and oxygen atoms in total. The molecule has 2 amide bonds. The standard InChI is InChI=1S/C14H14ClN3O3S/c15-11-3-5-12(6-4-11)17-14(20)18-22(16,21)13-7-1-10(9-19)2-8-13/h1-8,19H,9H2,(H3,16,17,18,20,21). The fraction of sp³-hybridized carbons (Fsp3) is 0.0714. The third kappa shape index (κ3) is 4.28. The van der Waals surface area contributed by atoms with Crippen LogP contribution in [0.3, 0.4) is 0 Å². The predicted molar refractivity (Wildman–Crippen MR) is 85.9 cm³/mol. The zero-order valence-electron chi connectivity index (χ0n) is 11.4. The number of anilines is 1. The lowest BCUT2D eigenvalue weighted by molar-refractivity contribution is 0.260. The minimum absolute atomic E-state index is 0.139. The van der Waals surface area contributed by atoms with Crippen molar-refractivity contribution < 1.29 is 14.1 Å². The average molecular weight is 340 g/mol. The maximum Gasteiger partial charge on any atom is 0.354 e. The van der Waals surface area contributed by atoms with Crippen LogP contribution in [-0.4, -0.2) is 15.3 Å². The molecule has 2 aromatic carbocycles. The van der Waals surface area contributed by atoms with Gasteiger partial charge in [0, 0.05) is 10.7 Å². The summed E-state index contributed by atoms with van der Waals surface area (Å²) in [5, 5.41) is 17.6. The number of aliphatic hydroxyl groups excluding tert-OH is 1. The molecule has 1 atom stereocenters. The summed E-state index contributed by atoms with van der Waals surface area (Å²) in [6, 6.07) is 11.6. The Balaban J connectivity index is 2.19. The number of amides is 2. The molecule has 0 heterocycles. The van der Waals surface area contributed by atoms with Crippen molar-refractivity contribution in [2.75, 3.05) is 5.32 Å². The molecule has 22 heavy (non-hydrogen) atoms. The van der Waals surface area contributed by atoms with E-state index in [2.05, 4.69) is 9.68 Å². The van der Waals surface area contributed by atoms with Crippen LogP contribution in [-0.2, 0) is 16.5 Å². The van der Waals surface area contributed by atoms with Gasteiger partial charge >= 0.3 is 6.03 Å². The van der Waals surface area contributed by atoms with E-state index in [1.54, 1.807) is 36.4 Å². The zero-order chi connectivity index (χ0) is 16.2. The summed E-state index contributed by atoms with van der Waals surface area (Å²) in [5.41, 5.74) is 1.11. The topological polar surface area (TPSA) is 105 Å². The van der Waals surface area contributed by atoms with E-state index >= 15 is 0 Å². The van der Waals surface area contributed by atoms with Crippen molar-refractivity contribution in [1.82, 2.24) is 0 Å². The van der Waals surface area contributed by atoms with Gasteiger partial charge in [-0.05, 0) is 42.0 Å². The van der Waals surface area contributed by atoms with Crippen LogP contribution in [0.4, 0.5) is 10.5 Å². The molecule has 0 aliphatic rings. The second kappa shape index (κ2) is 6.89. The van der Waals surface area contributed by atoms with Gasteiger partial charge in [0.2, 0.25) is 0 Å². The van der Waals surface area contributed by atoms with E-state index in [1.165, 1.54) is 12.1 Å². The van der Waals surface area contributed by atoms with Crippen molar-refractivity contribution in [1.29, 1.82) is 0 Å². The van der Waals surface area contributed by atoms with Gasteiger partial charge in [-0.1, -0.05) is 23.7 Å². The van der Waals surface area contributed by atoms with Gasteiger partial charge in [0.1, 0.15) is 9.92 Å². The number of hydrogen-bond donors (Lipinski definition) is 3. The summed E-state index contributed by atoms with van der Waals surface area (Å²) in [4.78, 5) is 12.0. The number of nitrogens with two attached hydrogens (primary N) is 1. The fourth-order valence-electron chi connectivity index (χ4n) is 1.65. The monoisotopic (exact) mass is 339 g/mol. The first-order valence-corrected chi connectivity index (χ1v) is 8.17. The van der Waals surface area contributed by atoms with Crippen molar-refractivity contribution in [3.05, 3.63) is 59.1 Å². The minimum Gasteiger partial charge on any atom is -0.392 e. The summed E-state index contributed by atoms with van der Waals surface area (Å²) >= 11 is 5.74. The summed E-state index contributed by atoms with van der Waals surface area (Å²) in [6.07, 6.45) is 0. The number of halogens is 1. The van der Waals surface area contributed by atoms with Crippen LogP contribution in [0.25, 0.3) is 0 Å². The number of aliphatic hydroxyl groups is 1. The summed E-state index contributed by atoms with van der Waals surface area (Å²) in [6.45, 7) is -0.139. The molecule has 1 unspecified atom stereocenters. The van der Waals surface area contributed by atoms with Crippen molar-refractivity contribution >= 4 is 33.2 Å². The molecule has 2 rings (SSSR count). The molecule has 2 aromatic rings. The van der Waals surface area contributed by atoms with Gasteiger partial charge in [0.25, 0.3) is 0 Å². The number of carbonyl (C=O) groups is 1. The maximum absolute atomic E-state index is 12.3. The van der Waals surface area contributed by atoms with Gasteiger partial charge in [0.05, 0.1) is 11.5 Å². The molecule has 116 valence electrons. The average Bonchev–Trinajstić information content (AvgIpc) is 2.49. The number of benzene rings is 2. The van der Waals surface area contributed by atoms with Crippen LogP contribution in [0.2, 0.25) is 5.02 Å². The molecule has 8 heteroatoms. The highest BCUT2D eigenvalue weighted by Gasteiger charge is 2.10. The van der Waals surface area contributed by atoms with Crippen LogP contribution < -0.4 is 10.5 Å². The van der Waals surface area contributed by atoms with E-state index < -0.39 is 15.9 Å². The SMILES string of the molecule is NS(=O)(=NC(=O)Nc1ccc(Cl)cc1)c1ccc(CO)cc1. The van der Waals surface area contributed by atoms with E-state index in [0.717, 1.165) is 0 Å². The van der Waals surface area contributed by atoms with Crippen molar-refractivity contribution in [2.45, 2.75) is 11.5 Å².